The molecule has 0 heterocycles. The lowest BCUT2D eigenvalue weighted by molar-refractivity contribution is -0.132. The summed E-state index contributed by atoms with van der Waals surface area (Å²) in [6.45, 7) is 0. The third kappa shape index (κ3) is 1.72. The summed E-state index contributed by atoms with van der Waals surface area (Å²) < 4.78 is 0. The maximum atomic E-state index is 12.8. The number of nitrogens with one attached hydrogen (secondary N) is 1. The van der Waals surface area contributed by atoms with E-state index in [1.165, 1.54) is 22.3 Å². The van der Waals surface area contributed by atoms with Gasteiger partial charge in [0.05, 0.1) is 17.9 Å². The van der Waals surface area contributed by atoms with Crippen LogP contribution >= 0.6 is 0 Å². The van der Waals surface area contributed by atoms with E-state index in [1.807, 2.05) is 12.1 Å². The molecule has 0 spiro atoms. The first-order valence-electron chi connectivity index (χ1n) is 7.99. The number of fused-ring (bicyclic) bond motifs is 1. The molecular weight excluding hydrogens is 284 g/mol. The highest BCUT2D eigenvalue weighted by molar-refractivity contribution is 5.86. The van der Waals surface area contributed by atoms with Crippen LogP contribution in [0.3, 0.4) is 0 Å². The second-order valence-corrected chi connectivity index (χ2v) is 6.52. The summed E-state index contributed by atoms with van der Waals surface area (Å²) in [5.41, 5.74) is 4.38. The normalized spacial score (nSPS) is 26.8. The second kappa shape index (κ2) is 4.96. The third-order valence-electron chi connectivity index (χ3n) is 5.56. The standard InChI is InChI=1S/C20H18N2O/c1-22-19(23)20(10-11-21)12-17-13-6-2-4-8-15(13)18(20)16-9-5-3-7-14(16)17/h2-9,17-18H,10,12H2,1H3,(H,22,23). The number of rotatable bonds is 2. The molecule has 1 N–H and O–H groups in total. The summed E-state index contributed by atoms with van der Waals surface area (Å²) in [6.07, 6.45) is 0.954. The average Bonchev–Trinajstić information content (AvgIpc) is 2.61. The van der Waals surface area contributed by atoms with Gasteiger partial charge in [0.25, 0.3) is 0 Å². The van der Waals surface area contributed by atoms with Gasteiger partial charge < -0.3 is 5.32 Å². The molecule has 3 heteroatoms. The Labute approximate surface area is 136 Å². The summed E-state index contributed by atoms with van der Waals surface area (Å²) >= 11 is 0. The molecular formula is C20H18N2O. The number of carbonyl (C=O) groups excluding carboxylic acids is 1. The number of carbonyl (C=O) groups is 1. The van der Waals surface area contributed by atoms with E-state index in [1.54, 1.807) is 7.05 Å². The van der Waals surface area contributed by atoms with Crippen molar-refractivity contribution in [3.8, 4) is 6.07 Å². The number of hydrogen-bond donors (Lipinski definition) is 1. The highest BCUT2D eigenvalue weighted by Gasteiger charge is 2.56. The Morgan fingerprint density at radius 1 is 1.13 bits per heavy atom. The van der Waals surface area contributed by atoms with Gasteiger partial charge in [-0.15, -0.1) is 0 Å². The Kier molecular flexibility index (Phi) is 3.02. The van der Waals surface area contributed by atoms with Gasteiger partial charge in [-0.05, 0) is 28.7 Å². The van der Waals surface area contributed by atoms with Crippen LogP contribution < -0.4 is 5.32 Å². The fourth-order valence-corrected chi connectivity index (χ4v) is 4.68. The van der Waals surface area contributed by atoms with Crippen molar-refractivity contribution in [1.29, 1.82) is 5.26 Å². The van der Waals surface area contributed by atoms with Gasteiger partial charge >= 0.3 is 0 Å². The molecule has 0 radical (unpaired) electrons. The molecule has 1 amide bonds. The molecule has 3 aliphatic rings. The van der Waals surface area contributed by atoms with Crippen LogP contribution in [0.4, 0.5) is 0 Å². The van der Waals surface area contributed by atoms with Crippen LogP contribution in [0.15, 0.2) is 48.5 Å². The maximum Gasteiger partial charge on any atom is 0.228 e. The Morgan fingerprint density at radius 3 is 2.13 bits per heavy atom. The number of hydrogen-bond acceptors (Lipinski definition) is 2. The summed E-state index contributed by atoms with van der Waals surface area (Å²) in [4.78, 5) is 12.8. The zero-order valence-electron chi connectivity index (χ0n) is 13.0. The van der Waals surface area contributed by atoms with Crippen LogP contribution in [-0.4, -0.2) is 13.0 Å². The second-order valence-electron chi connectivity index (χ2n) is 6.52. The summed E-state index contributed by atoms with van der Waals surface area (Å²) in [7, 11) is 1.67. The minimum atomic E-state index is -0.670. The molecule has 2 aromatic rings. The van der Waals surface area contributed by atoms with E-state index in [9.17, 15) is 10.1 Å². The SMILES string of the molecule is CNC(=O)C1(CC#N)CC2c3ccccc3C1c1ccccc12. The van der Waals surface area contributed by atoms with E-state index in [-0.39, 0.29) is 24.2 Å². The molecule has 3 aliphatic carbocycles. The lowest BCUT2D eigenvalue weighted by atomic mass is 9.51. The van der Waals surface area contributed by atoms with Crippen LogP contribution in [0, 0.1) is 16.7 Å². The van der Waals surface area contributed by atoms with E-state index in [0.29, 0.717) is 6.42 Å². The van der Waals surface area contributed by atoms with Crippen molar-refractivity contribution in [3.05, 3.63) is 70.8 Å². The van der Waals surface area contributed by atoms with E-state index >= 15 is 0 Å². The van der Waals surface area contributed by atoms with Crippen LogP contribution in [0.2, 0.25) is 0 Å². The molecule has 5 rings (SSSR count). The van der Waals surface area contributed by atoms with E-state index < -0.39 is 5.41 Å². The Morgan fingerprint density at radius 2 is 1.65 bits per heavy atom. The molecule has 0 saturated carbocycles. The lowest BCUT2D eigenvalue weighted by Crippen LogP contribution is -2.50. The minimum Gasteiger partial charge on any atom is -0.359 e. The van der Waals surface area contributed by atoms with Crippen molar-refractivity contribution in [3.63, 3.8) is 0 Å². The van der Waals surface area contributed by atoms with Crippen LogP contribution in [0.1, 0.15) is 46.9 Å². The van der Waals surface area contributed by atoms with Crippen LogP contribution in [0.25, 0.3) is 0 Å². The minimum absolute atomic E-state index is 0.0157. The summed E-state index contributed by atoms with van der Waals surface area (Å²) in [6, 6.07) is 19.1. The first-order chi connectivity index (χ1) is 11.2. The summed E-state index contributed by atoms with van der Waals surface area (Å²) in [5.74, 6) is 0.135. The van der Waals surface area contributed by atoms with Crippen LogP contribution in [0.5, 0.6) is 0 Å². The number of nitrogens with zero attached hydrogens (tertiary/aromatic N) is 1. The van der Waals surface area contributed by atoms with Gasteiger partial charge in [-0.25, -0.2) is 0 Å². The Balaban J connectivity index is 2.02. The smallest absolute Gasteiger partial charge is 0.228 e. The molecule has 1 atom stereocenters. The van der Waals surface area contributed by atoms with E-state index in [2.05, 4.69) is 47.8 Å². The summed E-state index contributed by atoms with van der Waals surface area (Å²) in [5, 5.41) is 12.2. The molecule has 114 valence electrons. The fraction of sp³-hybridized carbons (Fsp3) is 0.300. The molecule has 0 fully saturated rings. The van der Waals surface area contributed by atoms with Gasteiger partial charge in [-0.3, -0.25) is 4.79 Å². The molecule has 3 nitrogen and oxygen atoms in total. The third-order valence-corrected chi connectivity index (χ3v) is 5.56. The topological polar surface area (TPSA) is 52.9 Å². The van der Waals surface area contributed by atoms with Gasteiger partial charge in [0.1, 0.15) is 0 Å². The van der Waals surface area contributed by atoms with Crippen molar-refractivity contribution < 1.29 is 4.79 Å². The largest absolute Gasteiger partial charge is 0.359 e. The van der Waals surface area contributed by atoms with Crippen molar-refractivity contribution in [1.82, 2.24) is 5.32 Å². The van der Waals surface area contributed by atoms with Crippen molar-refractivity contribution >= 4 is 5.91 Å². The number of amides is 1. The Hall–Kier alpha value is -2.60. The van der Waals surface area contributed by atoms with Crippen LogP contribution in [-0.2, 0) is 4.79 Å². The van der Waals surface area contributed by atoms with Gasteiger partial charge in [0.15, 0.2) is 0 Å². The molecule has 23 heavy (non-hydrogen) atoms. The molecule has 0 aromatic heterocycles. The number of benzene rings is 2. The zero-order chi connectivity index (χ0) is 16.0. The van der Waals surface area contributed by atoms with Gasteiger partial charge in [0.2, 0.25) is 5.91 Å². The molecule has 0 saturated heterocycles. The van der Waals surface area contributed by atoms with E-state index in [0.717, 1.165) is 0 Å². The zero-order valence-corrected chi connectivity index (χ0v) is 13.0. The van der Waals surface area contributed by atoms with Gasteiger partial charge in [-0.2, -0.15) is 5.26 Å². The van der Waals surface area contributed by atoms with Gasteiger partial charge in [-0.1, -0.05) is 48.5 Å². The fourth-order valence-electron chi connectivity index (χ4n) is 4.68. The predicted octanol–water partition coefficient (Wildman–Crippen LogP) is 3.31. The Bertz CT molecular complexity index is 788. The first kappa shape index (κ1) is 14.0. The van der Waals surface area contributed by atoms with Crippen molar-refractivity contribution in [2.45, 2.75) is 24.7 Å². The first-order valence-corrected chi connectivity index (χ1v) is 7.99. The monoisotopic (exact) mass is 302 g/mol. The quantitative estimate of drug-likeness (QED) is 0.925. The number of nitriles is 1. The average molecular weight is 302 g/mol. The molecule has 0 aliphatic heterocycles. The highest BCUT2D eigenvalue weighted by Crippen LogP contribution is 2.62. The molecule has 2 bridgehead atoms. The molecule has 1 unspecified atom stereocenters. The predicted molar refractivity (Wildman–Crippen MR) is 87.9 cm³/mol. The molecule has 2 aromatic carbocycles. The van der Waals surface area contributed by atoms with E-state index in [4.69, 9.17) is 0 Å². The highest BCUT2D eigenvalue weighted by atomic mass is 16.2. The van der Waals surface area contributed by atoms with Crippen molar-refractivity contribution in [2.75, 3.05) is 7.05 Å². The lowest BCUT2D eigenvalue weighted by Gasteiger charge is -2.51. The van der Waals surface area contributed by atoms with Gasteiger partial charge in [0, 0.05) is 18.9 Å². The maximum absolute atomic E-state index is 12.8. The van der Waals surface area contributed by atoms with Crippen molar-refractivity contribution in [2.24, 2.45) is 5.41 Å².